The molecule has 0 aliphatic heterocycles. The van der Waals surface area contributed by atoms with Gasteiger partial charge in [0.2, 0.25) is 10.0 Å². The van der Waals surface area contributed by atoms with E-state index in [2.05, 4.69) is 20.1 Å². The molecule has 108 valence electrons. The molecule has 2 rings (SSSR count). The van der Waals surface area contributed by atoms with E-state index in [4.69, 9.17) is 5.84 Å². The molecular formula is C11H16N6O2S. The first kappa shape index (κ1) is 14.4. The van der Waals surface area contributed by atoms with Crippen LogP contribution in [0.3, 0.4) is 0 Å². The van der Waals surface area contributed by atoms with Gasteiger partial charge in [0.1, 0.15) is 4.90 Å². The molecule has 0 saturated heterocycles. The second-order valence-electron chi connectivity index (χ2n) is 4.30. The Bertz CT molecular complexity index is 655. The number of aromatic nitrogens is 3. The molecule has 0 fully saturated rings. The largest absolute Gasteiger partial charge is 0.336 e. The summed E-state index contributed by atoms with van der Waals surface area (Å²) in [5.41, 5.74) is 2.64. The lowest BCUT2D eigenvalue weighted by Gasteiger charge is -2.16. The molecule has 9 heteroatoms. The maximum atomic E-state index is 12.3. The predicted octanol–water partition coefficient (Wildman–Crippen LogP) is -0.0693. The lowest BCUT2D eigenvalue weighted by molar-refractivity contribution is 0.520. The van der Waals surface area contributed by atoms with Crippen LogP contribution in [0.25, 0.3) is 0 Å². The highest BCUT2D eigenvalue weighted by molar-refractivity contribution is 7.89. The number of imidazole rings is 1. The van der Waals surface area contributed by atoms with E-state index in [9.17, 15) is 8.42 Å². The molecule has 1 unspecified atom stereocenters. The van der Waals surface area contributed by atoms with Gasteiger partial charge in [0, 0.05) is 37.4 Å². The molecule has 0 aliphatic carbocycles. The lowest BCUT2D eigenvalue weighted by Crippen LogP contribution is -2.36. The van der Waals surface area contributed by atoms with Gasteiger partial charge in [-0.3, -0.25) is 10.8 Å². The maximum Gasteiger partial charge on any atom is 0.244 e. The number of pyridine rings is 1. The number of anilines is 1. The number of nitrogens with one attached hydrogen (secondary N) is 2. The monoisotopic (exact) mass is 296 g/mol. The number of nitrogens with two attached hydrogens (primary N) is 1. The van der Waals surface area contributed by atoms with E-state index in [1.807, 2.05) is 0 Å². The van der Waals surface area contributed by atoms with Gasteiger partial charge in [-0.1, -0.05) is 0 Å². The Morgan fingerprint density at radius 1 is 1.40 bits per heavy atom. The molecule has 0 aromatic carbocycles. The second kappa shape index (κ2) is 5.99. The Labute approximate surface area is 117 Å². The van der Waals surface area contributed by atoms with Gasteiger partial charge in [-0.05, 0) is 13.0 Å². The fraction of sp³-hybridized carbons (Fsp3) is 0.273. The molecule has 0 amide bonds. The first-order valence-corrected chi connectivity index (χ1v) is 7.40. The van der Waals surface area contributed by atoms with Crippen LogP contribution in [0.4, 0.5) is 5.69 Å². The number of nitrogen functional groups attached to an aromatic ring is 1. The summed E-state index contributed by atoms with van der Waals surface area (Å²) in [6.45, 7) is 2.24. The van der Waals surface area contributed by atoms with E-state index in [1.165, 1.54) is 18.5 Å². The number of hydrazine groups is 1. The summed E-state index contributed by atoms with van der Waals surface area (Å²) in [5.74, 6) is 5.31. The molecule has 0 spiro atoms. The number of nitrogens with zero attached hydrogens (tertiary/aromatic N) is 3. The van der Waals surface area contributed by atoms with Crippen molar-refractivity contribution in [1.29, 1.82) is 0 Å². The van der Waals surface area contributed by atoms with Gasteiger partial charge >= 0.3 is 0 Å². The average Bonchev–Trinajstić information content (AvgIpc) is 2.90. The van der Waals surface area contributed by atoms with Crippen molar-refractivity contribution in [3.8, 4) is 0 Å². The zero-order chi connectivity index (χ0) is 14.6. The van der Waals surface area contributed by atoms with Crippen molar-refractivity contribution in [2.45, 2.75) is 24.4 Å². The fourth-order valence-corrected chi connectivity index (χ4v) is 3.14. The second-order valence-corrected chi connectivity index (χ2v) is 5.98. The van der Waals surface area contributed by atoms with Crippen molar-refractivity contribution >= 4 is 15.7 Å². The van der Waals surface area contributed by atoms with Crippen LogP contribution >= 0.6 is 0 Å². The van der Waals surface area contributed by atoms with Gasteiger partial charge in [-0.2, -0.15) is 0 Å². The van der Waals surface area contributed by atoms with Crippen molar-refractivity contribution in [3.05, 3.63) is 37.2 Å². The Morgan fingerprint density at radius 3 is 2.85 bits per heavy atom. The Hall–Kier alpha value is -1.97. The third-order valence-corrected chi connectivity index (χ3v) is 4.25. The zero-order valence-electron chi connectivity index (χ0n) is 10.9. The van der Waals surface area contributed by atoms with Gasteiger partial charge in [0.05, 0.1) is 12.0 Å². The lowest BCUT2D eigenvalue weighted by atomic mass is 10.4. The highest BCUT2D eigenvalue weighted by Crippen LogP contribution is 2.18. The van der Waals surface area contributed by atoms with Crippen molar-refractivity contribution in [2.24, 2.45) is 5.84 Å². The van der Waals surface area contributed by atoms with Crippen LogP contribution in [-0.2, 0) is 16.6 Å². The van der Waals surface area contributed by atoms with Crippen LogP contribution < -0.4 is 16.0 Å². The number of hydrogen-bond donors (Lipinski definition) is 3. The number of hydrogen-bond acceptors (Lipinski definition) is 6. The number of sulfonamides is 1. The molecule has 0 aliphatic rings. The quantitative estimate of drug-likeness (QED) is 0.508. The van der Waals surface area contributed by atoms with E-state index >= 15 is 0 Å². The summed E-state index contributed by atoms with van der Waals surface area (Å²) in [5, 5.41) is 0. The Kier molecular flexibility index (Phi) is 4.32. The number of rotatable bonds is 6. The van der Waals surface area contributed by atoms with Crippen molar-refractivity contribution in [3.63, 3.8) is 0 Å². The van der Waals surface area contributed by atoms with E-state index in [1.54, 1.807) is 30.2 Å². The highest BCUT2D eigenvalue weighted by Gasteiger charge is 2.21. The third kappa shape index (κ3) is 3.32. The van der Waals surface area contributed by atoms with Crippen LogP contribution in [0.2, 0.25) is 0 Å². The molecule has 20 heavy (non-hydrogen) atoms. The Balaban J connectivity index is 2.14. The summed E-state index contributed by atoms with van der Waals surface area (Å²) in [6, 6.07) is 1.19. The first-order valence-electron chi connectivity index (χ1n) is 5.91. The van der Waals surface area contributed by atoms with Crippen LogP contribution in [0.5, 0.6) is 0 Å². The Morgan fingerprint density at radius 2 is 2.20 bits per heavy atom. The molecule has 2 aromatic heterocycles. The van der Waals surface area contributed by atoms with Gasteiger partial charge < -0.3 is 9.99 Å². The molecule has 8 nitrogen and oxygen atoms in total. The smallest absolute Gasteiger partial charge is 0.244 e. The molecule has 2 aromatic rings. The zero-order valence-corrected chi connectivity index (χ0v) is 11.7. The SMILES string of the molecule is CC(Cn1ccnc1)NS(=O)(=O)c1cnccc1NN. The first-order chi connectivity index (χ1) is 9.53. The predicted molar refractivity (Wildman–Crippen MR) is 74.1 cm³/mol. The van der Waals surface area contributed by atoms with Gasteiger partial charge in [-0.25, -0.2) is 18.1 Å². The topological polar surface area (TPSA) is 115 Å². The summed E-state index contributed by atoms with van der Waals surface area (Å²) >= 11 is 0. The summed E-state index contributed by atoms with van der Waals surface area (Å²) in [4.78, 5) is 7.73. The minimum atomic E-state index is -3.69. The van der Waals surface area contributed by atoms with E-state index in [-0.39, 0.29) is 10.9 Å². The van der Waals surface area contributed by atoms with E-state index < -0.39 is 10.0 Å². The molecular weight excluding hydrogens is 280 g/mol. The van der Waals surface area contributed by atoms with Crippen LogP contribution in [0.1, 0.15) is 6.92 Å². The highest BCUT2D eigenvalue weighted by atomic mass is 32.2. The summed E-state index contributed by atoms with van der Waals surface area (Å²) in [7, 11) is -3.69. The van der Waals surface area contributed by atoms with Gasteiger partial charge in [0.25, 0.3) is 0 Å². The van der Waals surface area contributed by atoms with Crippen molar-refractivity contribution in [1.82, 2.24) is 19.3 Å². The molecule has 0 saturated carbocycles. The van der Waals surface area contributed by atoms with Crippen LogP contribution in [0.15, 0.2) is 42.1 Å². The fourth-order valence-electron chi connectivity index (χ4n) is 1.79. The third-order valence-electron chi connectivity index (χ3n) is 2.63. The van der Waals surface area contributed by atoms with Crippen LogP contribution in [-0.4, -0.2) is 29.0 Å². The van der Waals surface area contributed by atoms with Crippen molar-refractivity contribution < 1.29 is 8.42 Å². The summed E-state index contributed by atoms with van der Waals surface area (Å²) < 4.78 is 28.9. The maximum absolute atomic E-state index is 12.3. The van der Waals surface area contributed by atoms with E-state index in [0.717, 1.165) is 0 Å². The molecule has 0 radical (unpaired) electrons. The summed E-state index contributed by atoms with van der Waals surface area (Å²) in [6.07, 6.45) is 7.74. The molecule has 1 atom stereocenters. The van der Waals surface area contributed by atoms with Gasteiger partial charge in [-0.15, -0.1) is 0 Å². The minimum absolute atomic E-state index is 0.0139. The van der Waals surface area contributed by atoms with Crippen molar-refractivity contribution in [2.75, 3.05) is 5.43 Å². The molecule has 4 N–H and O–H groups in total. The molecule has 2 heterocycles. The van der Waals surface area contributed by atoms with E-state index in [0.29, 0.717) is 12.2 Å². The van der Waals surface area contributed by atoms with Crippen LogP contribution in [0, 0.1) is 0 Å². The standard InChI is InChI=1S/C11H16N6O2S/c1-9(7-17-5-4-14-8-17)16-20(18,19)11-6-13-3-2-10(11)15-12/h2-6,8-9,16H,7,12H2,1H3,(H,13,15). The average molecular weight is 296 g/mol. The normalized spacial score (nSPS) is 13.1. The molecule has 0 bridgehead atoms. The van der Waals surface area contributed by atoms with Gasteiger partial charge in [0.15, 0.2) is 0 Å². The minimum Gasteiger partial charge on any atom is -0.336 e.